The Labute approximate surface area is 119 Å². The SMILES string of the molecule is CCOC(=O)C(=O)N1CC(C)CCC1c1ccccc1. The minimum absolute atomic E-state index is 0.0238. The lowest BCUT2D eigenvalue weighted by Gasteiger charge is -2.38. The lowest BCUT2D eigenvalue weighted by molar-refractivity contribution is -0.162. The van der Waals surface area contributed by atoms with Crippen LogP contribution in [0, 0.1) is 5.92 Å². The maximum absolute atomic E-state index is 12.3. The average molecular weight is 275 g/mol. The molecule has 20 heavy (non-hydrogen) atoms. The molecule has 2 unspecified atom stereocenters. The molecule has 2 atom stereocenters. The van der Waals surface area contributed by atoms with E-state index in [4.69, 9.17) is 4.74 Å². The summed E-state index contributed by atoms with van der Waals surface area (Å²) in [5.41, 5.74) is 1.08. The average Bonchev–Trinajstić information content (AvgIpc) is 2.47. The number of ether oxygens (including phenoxy) is 1. The first-order chi connectivity index (χ1) is 9.63. The zero-order valence-electron chi connectivity index (χ0n) is 12.0. The van der Waals surface area contributed by atoms with Crippen LogP contribution in [0.15, 0.2) is 30.3 Å². The summed E-state index contributed by atoms with van der Waals surface area (Å²) in [4.78, 5) is 25.6. The summed E-state index contributed by atoms with van der Waals surface area (Å²) in [6, 6.07) is 9.86. The number of rotatable bonds is 2. The number of likely N-dealkylation sites (tertiary alicyclic amines) is 1. The molecule has 0 spiro atoms. The highest BCUT2D eigenvalue weighted by Gasteiger charge is 2.34. The molecule has 0 saturated carbocycles. The van der Waals surface area contributed by atoms with Crippen molar-refractivity contribution in [3.8, 4) is 0 Å². The van der Waals surface area contributed by atoms with Gasteiger partial charge in [-0.15, -0.1) is 0 Å². The molecule has 0 aromatic heterocycles. The van der Waals surface area contributed by atoms with Gasteiger partial charge in [0, 0.05) is 6.54 Å². The summed E-state index contributed by atoms with van der Waals surface area (Å²) in [7, 11) is 0. The van der Waals surface area contributed by atoms with Crippen molar-refractivity contribution in [3.05, 3.63) is 35.9 Å². The van der Waals surface area contributed by atoms with Crippen molar-refractivity contribution in [2.24, 2.45) is 5.92 Å². The van der Waals surface area contributed by atoms with E-state index in [0.717, 1.165) is 18.4 Å². The Bertz CT molecular complexity index is 472. The second-order valence-corrected chi connectivity index (χ2v) is 5.29. The summed E-state index contributed by atoms with van der Waals surface area (Å²) in [5, 5.41) is 0. The second kappa shape index (κ2) is 6.55. The van der Waals surface area contributed by atoms with Crippen LogP contribution in [0.25, 0.3) is 0 Å². The van der Waals surface area contributed by atoms with E-state index in [1.165, 1.54) is 0 Å². The van der Waals surface area contributed by atoms with Crippen LogP contribution < -0.4 is 0 Å². The van der Waals surface area contributed by atoms with Crippen molar-refractivity contribution >= 4 is 11.9 Å². The third-order valence-corrected chi connectivity index (χ3v) is 3.71. The topological polar surface area (TPSA) is 46.6 Å². The first-order valence-electron chi connectivity index (χ1n) is 7.16. The number of carbonyl (C=O) groups excluding carboxylic acids is 2. The monoisotopic (exact) mass is 275 g/mol. The highest BCUT2D eigenvalue weighted by Crippen LogP contribution is 2.33. The van der Waals surface area contributed by atoms with Crippen LogP contribution >= 0.6 is 0 Å². The van der Waals surface area contributed by atoms with Crippen LogP contribution in [0.4, 0.5) is 0 Å². The standard InChI is InChI=1S/C16H21NO3/c1-3-20-16(19)15(18)17-11-12(2)9-10-14(17)13-7-5-4-6-8-13/h4-8,12,14H,3,9-11H2,1-2H3. The third kappa shape index (κ3) is 3.18. The predicted octanol–water partition coefficient (Wildman–Crippen LogP) is 2.55. The highest BCUT2D eigenvalue weighted by atomic mass is 16.5. The third-order valence-electron chi connectivity index (χ3n) is 3.71. The molecule has 1 aromatic carbocycles. The maximum atomic E-state index is 12.3. The van der Waals surface area contributed by atoms with Gasteiger partial charge in [-0.25, -0.2) is 4.79 Å². The molecule has 0 N–H and O–H groups in total. The minimum Gasteiger partial charge on any atom is -0.459 e. The van der Waals surface area contributed by atoms with Gasteiger partial charge < -0.3 is 9.64 Å². The summed E-state index contributed by atoms with van der Waals surface area (Å²) in [6.07, 6.45) is 1.95. The number of hydrogen-bond donors (Lipinski definition) is 0. The van der Waals surface area contributed by atoms with Crippen LogP contribution in [0.5, 0.6) is 0 Å². The predicted molar refractivity (Wildman–Crippen MR) is 75.9 cm³/mol. The van der Waals surface area contributed by atoms with Gasteiger partial charge in [0.05, 0.1) is 12.6 Å². The molecule has 4 nitrogen and oxygen atoms in total. The largest absolute Gasteiger partial charge is 0.459 e. The van der Waals surface area contributed by atoms with Gasteiger partial charge in [0.25, 0.3) is 0 Å². The van der Waals surface area contributed by atoms with E-state index in [2.05, 4.69) is 6.92 Å². The van der Waals surface area contributed by atoms with Gasteiger partial charge in [-0.3, -0.25) is 4.79 Å². The Hall–Kier alpha value is -1.84. The Morgan fingerprint density at radius 2 is 1.95 bits per heavy atom. The summed E-state index contributed by atoms with van der Waals surface area (Å²) in [6.45, 7) is 4.65. The molecule has 1 aliphatic heterocycles. The first kappa shape index (κ1) is 14.6. The molecule has 4 heteroatoms. The van der Waals surface area contributed by atoms with Gasteiger partial charge in [0.15, 0.2) is 0 Å². The fourth-order valence-electron chi connectivity index (χ4n) is 2.71. The van der Waals surface area contributed by atoms with Gasteiger partial charge in [-0.05, 0) is 31.2 Å². The fourth-order valence-corrected chi connectivity index (χ4v) is 2.71. The molecule has 0 bridgehead atoms. The van der Waals surface area contributed by atoms with Crippen molar-refractivity contribution in [1.82, 2.24) is 4.90 Å². The van der Waals surface area contributed by atoms with Crippen molar-refractivity contribution in [1.29, 1.82) is 0 Å². The van der Waals surface area contributed by atoms with Crippen LogP contribution in [0.2, 0.25) is 0 Å². The molecular weight excluding hydrogens is 254 g/mol. The van der Waals surface area contributed by atoms with E-state index in [9.17, 15) is 9.59 Å². The molecule has 1 fully saturated rings. The number of nitrogens with zero attached hydrogens (tertiary/aromatic N) is 1. The Kier molecular flexibility index (Phi) is 4.77. The van der Waals surface area contributed by atoms with Crippen LogP contribution in [0.1, 0.15) is 38.3 Å². The van der Waals surface area contributed by atoms with Crippen molar-refractivity contribution in [3.63, 3.8) is 0 Å². The number of amides is 1. The van der Waals surface area contributed by atoms with Gasteiger partial charge in [0.2, 0.25) is 0 Å². The Balaban J connectivity index is 2.21. The molecule has 1 saturated heterocycles. The smallest absolute Gasteiger partial charge is 0.397 e. The van der Waals surface area contributed by atoms with Gasteiger partial charge in [0.1, 0.15) is 0 Å². The molecule has 1 aromatic rings. The van der Waals surface area contributed by atoms with Crippen LogP contribution in [-0.2, 0) is 14.3 Å². The van der Waals surface area contributed by atoms with Crippen molar-refractivity contribution in [2.75, 3.05) is 13.2 Å². The van der Waals surface area contributed by atoms with Gasteiger partial charge in [-0.1, -0.05) is 37.3 Å². The Morgan fingerprint density at radius 1 is 1.25 bits per heavy atom. The number of benzene rings is 1. The van der Waals surface area contributed by atoms with E-state index in [-0.39, 0.29) is 12.6 Å². The lowest BCUT2D eigenvalue weighted by atomic mass is 9.90. The van der Waals surface area contributed by atoms with Gasteiger partial charge >= 0.3 is 11.9 Å². The van der Waals surface area contributed by atoms with Gasteiger partial charge in [-0.2, -0.15) is 0 Å². The zero-order chi connectivity index (χ0) is 14.5. The number of hydrogen-bond acceptors (Lipinski definition) is 3. The van der Waals surface area contributed by atoms with E-state index in [1.807, 2.05) is 30.3 Å². The van der Waals surface area contributed by atoms with Crippen LogP contribution in [-0.4, -0.2) is 29.9 Å². The van der Waals surface area contributed by atoms with Crippen LogP contribution in [0.3, 0.4) is 0 Å². The van der Waals surface area contributed by atoms with Crippen molar-refractivity contribution < 1.29 is 14.3 Å². The normalized spacial score (nSPS) is 22.4. The quantitative estimate of drug-likeness (QED) is 0.615. The summed E-state index contributed by atoms with van der Waals surface area (Å²) < 4.78 is 4.85. The van der Waals surface area contributed by atoms with E-state index in [0.29, 0.717) is 12.5 Å². The molecule has 108 valence electrons. The number of esters is 1. The number of piperidine rings is 1. The highest BCUT2D eigenvalue weighted by molar-refractivity contribution is 6.32. The maximum Gasteiger partial charge on any atom is 0.397 e. The summed E-state index contributed by atoms with van der Waals surface area (Å²) >= 11 is 0. The Morgan fingerprint density at radius 3 is 2.60 bits per heavy atom. The molecule has 0 aliphatic carbocycles. The molecule has 1 amide bonds. The van der Waals surface area contributed by atoms with Crippen molar-refractivity contribution in [2.45, 2.75) is 32.7 Å². The van der Waals surface area contributed by atoms with E-state index < -0.39 is 11.9 Å². The first-order valence-corrected chi connectivity index (χ1v) is 7.16. The zero-order valence-corrected chi connectivity index (χ0v) is 12.0. The molecule has 2 rings (SSSR count). The van der Waals surface area contributed by atoms with E-state index >= 15 is 0 Å². The second-order valence-electron chi connectivity index (χ2n) is 5.29. The fraction of sp³-hybridized carbons (Fsp3) is 0.500. The molecule has 0 radical (unpaired) electrons. The molecule has 1 heterocycles. The molecule has 1 aliphatic rings. The molecular formula is C16H21NO3. The summed E-state index contributed by atoms with van der Waals surface area (Å²) in [5.74, 6) is -0.858. The number of carbonyl (C=O) groups is 2. The lowest BCUT2D eigenvalue weighted by Crippen LogP contribution is -2.45. The minimum atomic E-state index is -0.748. The van der Waals surface area contributed by atoms with E-state index in [1.54, 1.807) is 11.8 Å².